The van der Waals surface area contributed by atoms with Crippen LogP contribution in [0.5, 0.6) is 11.6 Å². The molecule has 0 radical (unpaired) electrons. The molecule has 1 unspecified atom stereocenters. The minimum Gasteiger partial charge on any atom is -0.484 e. The number of aryl methyl sites for hydroxylation is 1. The van der Waals surface area contributed by atoms with E-state index in [4.69, 9.17) is 19.4 Å². The van der Waals surface area contributed by atoms with Gasteiger partial charge in [-0.25, -0.2) is 9.97 Å². The van der Waals surface area contributed by atoms with E-state index in [-0.39, 0.29) is 18.0 Å². The van der Waals surface area contributed by atoms with Crippen LogP contribution in [0.2, 0.25) is 0 Å². The van der Waals surface area contributed by atoms with Crippen LogP contribution in [0.4, 0.5) is 17.2 Å². The van der Waals surface area contributed by atoms with E-state index in [9.17, 15) is 9.90 Å². The van der Waals surface area contributed by atoms with Crippen LogP contribution in [-0.4, -0.2) is 109 Å². The summed E-state index contributed by atoms with van der Waals surface area (Å²) >= 11 is 0. The third-order valence-electron chi connectivity index (χ3n) is 10.1. The minimum atomic E-state index is -0.685. The number of amides is 1. The fourth-order valence-electron chi connectivity index (χ4n) is 7.57. The standard InChI is InChI=1S/C32H43N7O4/c1-5-26(40)38-16-23-19-42-30-29(39(23)15-20(38)2)24-11-14-37(31-28-21(10-12-33-31)8-9-27(41)36(28)4)17-25(24)34-32(30)43-18-22-7-6-13-35(22)3/h5,10,12,20,22-23,26,40H,1,6-9,11,13-19H2,2-4H3/t20-,22+,23-,26?/m1/s1. The highest BCUT2D eigenvalue weighted by Crippen LogP contribution is 2.48. The van der Waals surface area contributed by atoms with Crippen LogP contribution in [0.3, 0.4) is 0 Å². The Morgan fingerprint density at radius 3 is 2.86 bits per heavy atom. The van der Waals surface area contributed by atoms with E-state index in [1.54, 1.807) is 11.0 Å². The van der Waals surface area contributed by atoms with Gasteiger partial charge in [0.05, 0.1) is 29.7 Å². The van der Waals surface area contributed by atoms with Crippen LogP contribution in [0.25, 0.3) is 0 Å². The molecule has 43 heavy (non-hydrogen) atoms. The Balaban J connectivity index is 1.26. The van der Waals surface area contributed by atoms with E-state index >= 15 is 0 Å². The molecule has 0 aliphatic carbocycles. The van der Waals surface area contributed by atoms with Gasteiger partial charge in [0.1, 0.15) is 19.4 Å². The molecule has 2 fully saturated rings. The molecule has 0 aromatic carbocycles. The third-order valence-corrected chi connectivity index (χ3v) is 10.1. The maximum atomic E-state index is 12.6. The first-order valence-electron chi connectivity index (χ1n) is 15.7. The van der Waals surface area contributed by atoms with Crippen molar-refractivity contribution in [1.29, 1.82) is 0 Å². The fourth-order valence-corrected chi connectivity index (χ4v) is 7.57. The van der Waals surface area contributed by atoms with Crippen LogP contribution < -0.4 is 24.2 Å². The predicted octanol–water partition coefficient (Wildman–Crippen LogP) is 2.20. The van der Waals surface area contributed by atoms with Gasteiger partial charge >= 0.3 is 0 Å². The number of aromatic nitrogens is 2. The molecule has 0 saturated carbocycles. The second kappa shape index (κ2) is 11.3. The number of ether oxygens (including phenoxy) is 2. The molecule has 1 N–H and O–H groups in total. The maximum Gasteiger partial charge on any atom is 0.259 e. The molecule has 7 heterocycles. The maximum absolute atomic E-state index is 12.6. The average molecular weight is 590 g/mol. The topological polar surface area (TPSA) is 97.7 Å². The lowest BCUT2D eigenvalue weighted by Gasteiger charge is -2.50. The molecule has 11 nitrogen and oxygen atoms in total. The SMILES string of the molecule is C=CC(O)N1C[C@@H]2COc3c(OC[C@@H]4CCCN4C)nc4c(c3N2C[C@H]1C)CCN(c1nccc2c1N(C)C(=O)CC2)C4. The van der Waals surface area contributed by atoms with Gasteiger partial charge in [-0.3, -0.25) is 9.69 Å². The van der Waals surface area contributed by atoms with Gasteiger partial charge < -0.3 is 34.2 Å². The number of anilines is 3. The summed E-state index contributed by atoms with van der Waals surface area (Å²) in [5.41, 5.74) is 5.32. The number of aliphatic hydroxyl groups excluding tert-OH is 1. The molecule has 2 saturated heterocycles. The predicted molar refractivity (Wildman–Crippen MR) is 165 cm³/mol. The van der Waals surface area contributed by atoms with Crippen molar-refractivity contribution >= 4 is 23.1 Å². The molecule has 7 rings (SSSR count). The lowest BCUT2D eigenvalue weighted by atomic mass is 9.96. The fraction of sp³-hybridized carbons (Fsp3) is 0.594. The first-order valence-corrected chi connectivity index (χ1v) is 15.7. The number of hydrogen-bond donors (Lipinski definition) is 1. The number of hydrogen-bond acceptors (Lipinski definition) is 10. The number of rotatable bonds is 6. The van der Waals surface area contributed by atoms with Crippen molar-refractivity contribution < 1.29 is 19.4 Å². The first-order chi connectivity index (χ1) is 20.8. The highest BCUT2D eigenvalue weighted by atomic mass is 16.5. The molecule has 230 valence electrons. The highest BCUT2D eigenvalue weighted by Gasteiger charge is 2.42. The molecule has 2 aromatic rings. The second-order valence-corrected chi connectivity index (χ2v) is 12.7. The summed E-state index contributed by atoms with van der Waals surface area (Å²) in [7, 11) is 4.01. The molecule has 5 aliphatic rings. The number of aliphatic hydroxyl groups is 1. The number of carbonyl (C=O) groups is 1. The number of likely N-dealkylation sites (N-methyl/N-ethyl adjacent to an activating group) is 1. The van der Waals surface area contributed by atoms with Crippen molar-refractivity contribution in [1.82, 2.24) is 19.8 Å². The smallest absolute Gasteiger partial charge is 0.259 e. The third kappa shape index (κ3) is 4.91. The van der Waals surface area contributed by atoms with Gasteiger partial charge in [0.25, 0.3) is 5.88 Å². The van der Waals surface area contributed by atoms with Gasteiger partial charge in [-0.15, -0.1) is 0 Å². The Kier molecular flexibility index (Phi) is 7.43. The van der Waals surface area contributed by atoms with E-state index in [1.807, 2.05) is 19.3 Å². The monoisotopic (exact) mass is 589 g/mol. The molecular formula is C32H43N7O4. The van der Waals surface area contributed by atoms with Gasteiger partial charge in [-0.2, -0.15) is 0 Å². The lowest BCUT2D eigenvalue weighted by molar-refractivity contribution is -0.118. The number of piperazine rings is 1. The molecule has 4 atom stereocenters. The van der Waals surface area contributed by atoms with Crippen LogP contribution in [0.15, 0.2) is 24.9 Å². The largest absolute Gasteiger partial charge is 0.484 e. The van der Waals surface area contributed by atoms with Gasteiger partial charge in [-0.05, 0) is 63.9 Å². The zero-order valence-corrected chi connectivity index (χ0v) is 25.5. The summed E-state index contributed by atoms with van der Waals surface area (Å²) in [4.78, 5) is 33.5. The van der Waals surface area contributed by atoms with Crippen molar-refractivity contribution in [3.8, 4) is 11.6 Å². The Labute approximate surface area is 253 Å². The lowest BCUT2D eigenvalue weighted by Crippen LogP contribution is -2.63. The van der Waals surface area contributed by atoms with Crippen LogP contribution in [0, 0.1) is 0 Å². The number of nitrogens with zero attached hydrogens (tertiary/aromatic N) is 7. The van der Waals surface area contributed by atoms with Gasteiger partial charge in [0.15, 0.2) is 5.82 Å². The Hall–Kier alpha value is -3.41. The van der Waals surface area contributed by atoms with Gasteiger partial charge in [0.2, 0.25) is 11.7 Å². The van der Waals surface area contributed by atoms with Crippen LogP contribution >= 0.6 is 0 Å². The summed E-state index contributed by atoms with van der Waals surface area (Å²) < 4.78 is 13.0. The Morgan fingerprint density at radius 1 is 1.21 bits per heavy atom. The summed E-state index contributed by atoms with van der Waals surface area (Å²) in [5.74, 6) is 2.26. The molecule has 11 heteroatoms. The molecule has 2 aromatic heterocycles. The molecule has 5 aliphatic heterocycles. The first kappa shape index (κ1) is 28.4. The molecule has 1 amide bonds. The number of carbonyl (C=O) groups excluding carboxylic acids is 1. The van der Waals surface area contributed by atoms with Crippen molar-refractivity contribution in [2.75, 3.05) is 68.2 Å². The zero-order valence-electron chi connectivity index (χ0n) is 25.5. The molecule has 0 bridgehead atoms. The van der Waals surface area contributed by atoms with Crippen molar-refractivity contribution in [3.63, 3.8) is 0 Å². The van der Waals surface area contributed by atoms with Crippen molar-refractivity contribution in [2.24, 2.45) is 0 Å². The quantitative estimate of drug-likeness (QED) is 0.505. The average Bonchev–Trinajstić information content (AvgIpc) is 3.44. The zero-order chi connectivity index (χ0) is 29.8. The highest BCUT2D eigenvalue weighted by molar-refractivity contribution is 5.99. The van der Waals surface area contributed by atoms with E-state index < -0.39 is 6.23 Å². The van der Waals surface area contributed by atoms with E-state index in [2.05, 4.69) is 40.1 Å². The van der Waals surface area contributed by atoms with E-state index in [0.717, 1.165) is 73.1 Å². The van der Waals surface area contributed by atoms with Gasteiger partial charge in [0, 0.05) is 56.9 Å². The van der Waals surface area contributed by atoms with Gasteiger partial charge in [-0.1, -0.05) is 6.58 Å². The van der Waals surface area contributed by atoms with Crippen molar-refractivity contribution in [2.45, 2.75) is 69.9 Å². The molecule has 0 spiro atoms. The number of fused-ring (bicyclic) bond motifs is 6. The number of likely N-dealkylation sites (tertiary alicyclic amines) is 1. The number of pyridine rings is 2. The Bertz CT molecular complexity index is 1420. The second-order valence-electron chi connectivity index (χ2n) is 12.7. The Morgan fingerprint density at radius 2 is 2.07 bits per heavy atom. The van der Waals surface area contributed by atoms with Crippen LogP contribution in [0.1, 0.15) is 43.0 Å². The summed E-state index contributed by atoms with van der Waals surface area (Å²) in [6, 6.07) is 2.61. The van der Waals surface area contributed by atoms with Crippen LogP contribution in [-0.2, 0) is 24.2 Å². The van der Waals surface area contributed by atoms with E-state index in [0.29, 0.717) is 44.6 Å². The summed E-state index contributed by atoms with van der Waals surface area (Å²) in [6.07, 6.45) is 7.10. The molecular weight excluding hydrogens is 546 g/mol. The minimum absolute atomic E-state index is 0.0964. The summed E-state index contributed by atoms with van der Waals surface area (Å²) in [5, 5.41) is 10.6. The summed E-state index contributed by atoms with van der Waals surface area (Å²) in [6.45, 7) is 10.9. The normalized spacial score (nSPS) is 26.3. The van der Waals surface area contributed by atoms with Crippen molar-refractivity contribution in [3.05, 3.63) is 41.7 Å². The van der Waals surface area contributed by atoms with E-state index in [1.165, 1.54) is 12.0 Å².